The molecule has 1 aliphatic rings. The first kappa shape index (κ1) is 16.2. The summed E-state index contributed by atoms with van der Waals surface area (Å²) in [5.41, 5.74) is 1.40. The van der Waals surface area contributed by atoms with E-state index in [1.165, 1.54) is 23.7 Å². The molecule has 0 amide bonds. The van der Waals surface area contributed by atoms with Crippen molar-refractivity contribution in [2.45, 2.75) is 10.8 Å². The van der Waals surface area contributed by atoms with Crippen LogP contribution in [0.1, 0.15) is 11.5 Å². The summed E-state index contributed by atoms with van der Waals surface area (Å²) in [7, 11) is -2.48. The van der Waals surface area contributed by atoms with Crippen LogP contribution in [0.5, 0.6) is 5.88 Å². The van der Waals surface area contributed by atoms with Crippen molar-refractivity contribution in [2.75, 3.05) is 24.6 Å². The quantitative estimate of drug-likeness (QED) is 0.852. The third-order valence-electron chi connectivity index (χ3n) is 3.80. The summed E-state index contributed by atoms with van der Waals surface area (Å²) in [6.45, 7) is 0.0742. The SMILES string of the molecule is COc1ncc(Br)cc1S(=O)(=O)N1CC(CO)c2ccccc21. The number of pyridine rings is 1. The van der Waals surface area contributed by atoms with Crippen LogP contribution in [-0.2, 0) is 10.0 Å². The number of aromatic nitrogens is 1. The Bertz CT molecular complexity index is 841. The Morgan fingerprint density at radius 2 is 2.17 bits per heavy atom. The van der Waals surface area contributed by atoms with Gasteiger partial charge in [-0.25, -0.2) is 13.4 Å². The van der Waals surface area contributed by atoms with Crippen LogP contribution in [0, 0.1) is 0 Å². The van der Waals surface area contributed by atoms with E-state index in [4.69, 9.17) is 4.74 Å². The van der Waals surface area contributed by atoms with Crippen LogP contribution in [0.15, 0.2) is 45.9 Å². The second kappa shape index (κ2) is 6.10. The molecule has 0 radical (unpaired) electrons. The number of ether oxygens (including phenoxy) is 1. The number of rotatable bonds is 4. The van der Waals surface area contributed by atoms with Crippen LogP contribution >= 0.6 is 15.9 Å². The lowest BCUT2D eigenvalue weighted by molar-refractivity contribution is 0.272. The fourth-order valence-electron chi connectivity index (χ4n) is 2.71. The molecule has 1 aromatic heterocycles. The largest absolute Gasteiger partial charge is 0.480 e. The third kappa shape index (κ3) is 2.71. The molecular weight excluding hydrogens is 384 g/mol. The smallest absolute Gasteiger partial charge is 0.269 e. The van der Waals surface area contributed by atoms with Gasteiger partial charge in [-0.05, 0) is 33.6 Å². The summed E-state index contributed by atoms with van der Waals surface area (Å²) in [5, 5.41) is 9.55. The van der Waals surface area contributed by atoms with Gasteiger partial charge >= 0.3 is 0 Å². The maximum Gasteiger partial charge on any atom is 0.269 e. The first-order valence-electron chi connectivity index (χ1n) is 6.91. The minimum absolute atomic E-state index is 0.0113. The van der Waals surface area contributed by atoms with Gasteiger partial charge < -0.3 is 9.84 Å². The molecule has 0 spiro atoms. The van der Waals surface area contributed by atoms with Gasteiger partial charge in [-0.2, -0.15) is 0 Å². The Kier molecular flexibility index (Phi) is 4.31. The van der Waals surface area contributed by atoms with Gasteiger partial charge in [0.1, 0.15) is 0 Å². The van der Waals surface area contributed by atoms with E-state index in [9.17, 15) is 13.5 Å². The van der Waals surface area contributed by atoms with Crippen LogP contribution in [-0.4, -0.2) is 38.8 Å². The minimum Gasteiger partial charge on any atom is -0.480 e. The number of methoxy groups -OCH3 is 1. The van der Waals surface area contributed by atoms with Crippen LogP contribution in [0.25, 0.3) is 0 Å². The molecule has 1 atom stereocenters. The van der Waals surface area contributed by atoms with Crippen LogP contribution < -0.4 is 9.04 Å². The Morgan fingerprint density at radius 3 is 2.87 bits per heavy atom. The molecule has 0 aliphatic carbocycles. The molecule has 1 unspecified atom stereocenters. The van der Waals surface area contributed by atoms with Gasteiger partial charge in [0.25, 0.3) is 10.0 Å². The molecule has 1 N–H and O–H groups in total. The zero-order chi connectivity index (χ0) is 16.6. The van der Waals surface area contributed by atoms with Gasteiger partial charge in [0, 0.05) is 23.1 Å². The van der Waals surface area contributed by atoms with Crippen LogP contribution in [0.2, 0.25) is 0 Å². The normalized spacial score (nSPS) is 17.2. The first-order valence-corrected chi connectivity index (χ1v) is 9.14. The maximum absolute atomic E-state index is 13.1. The highest BCUT2D eigenvalue weighted by molar-refractivity contribution is 9.10. The number of hydrogen-bond donors (Lipinski definition) is 1. The highest BCUT2D eigenvalue weighted by atomic mass is 79.9. The summed E-state index contributed by atoms with van der Waals surface area (Å²) in [5.74, 6) is -0.204. The molecule has 122 valence electrons. The number of aliphatic hydroxyl groups excluding tert-OH is 1. The summed E-state index contributed by atoms with van der Waals surface area (Å²) in [6.07, 6.45) is 1.48. The molecule has 0 bridgehead atoms. The zero-order valence-corrected chi connectivity index (χ0v) is 14.7. The fourth-order valence-corrected chi connectivity index (χ4v) is 4.86. The summed E-state index contributed by atoms with van der Waals surface area (Å²) in [6, 6.07) is 8.65. The monoisotopic (exact) mass is 398 g/mol. The minimum atomic E-state index is -3.86. The average molecular weight is 399 g/mol. The van der Waals surface area contributed by atoms with Crippen molar-refractivity contribution in [3.05, 3.63) is 46.6 Å². The zero-order valence-electron chi connectivity index (χ0n) is 12.3. The van der Waals surface area contributed by atoms with E-state index >= 15 is 0 Å². The molecule has 2 heterocycles. The molecule has 8 heteroatoms. The van der Waals surface area contributed by atoms with Crippen molar-refractivity contribution >= 4 is 31.6 Å². The number of para-hydroxylation sites is 1. The van der Waals surface area contributed by atoms with Gasteiger partial charge in [0.15, 0.2) is 4.90 Å². The Morgan fingerprint density at radius 1 is 1.43 bits per heavy atom. The maximum atomic E-state index is 13.1. The van der Waals surface area contributed by atoms with Crippen LogP contribution in [0.4, 0.5) is 5.69 Å². The molecule has 0 saturated heterocycles. The highest BCUT2D eigenvalue weighted by Crippen LogP contribution is 2.40. The van der Waals surface area contributed by atoms with Crippen molar-refractivity contribution in [3.63, 3.8) is 0 Å². The molecule has 0 fully saturated rings. The highest BCUT2D eigenvalue weighted by Gasteiger charge is 2.37. The number of sulfonamides is 1. The molecule has 0 saturated carbocycles. The van der Waals surface area contributed by atoms with Crippen molar-refractivity contribution in [2.24, 2.45) is 0 Å². The Hall–Kier alpha value is -1.64. The number of aliphatic hydroxyl groups is 1. The lowest BCUT2D eigenvalue weighted by Crippen LogP contribution is -2.31. The molecule has 1 aliphatic heterocycles. The van der Waals surface area contributed by atoms with E-state index in [2.05, 4.69) is 20.9 Å². The summed E-state index contributed by atoms with van der Waals surface area (Å²) < 4.78 is 33.1. The molecule has 2 aromatic rings. The van der Waals surface area contributed by atoms with Gasteiger partial charge in [-0.15, -0.1) is 0 Å². The second-order valence-corrected chi connectivity index (χ2v) is 7.88. The molecular formula is C15H15BrN2O4S. The first-order chi connectivity index (χ1) is 11.0. The van der Waals surface area contributed by atoms with Gasteiger partial charge in [0.2, 0.25) is 5.88 Å². The number of fused-ring (bicyclic) bond motifs is 1. The van der Waals surface area contributed by atoms with Gasteiger partial charge in [-0.1, -0.05) is 18.2 Å². The molecule has 1 aromatic carbocycles. The van der Waals surface area contributed by atoms with Gasteiger partial charge in [0.05, 0.1) is 19.4 Å². The summed E-state index contributed by atoms with van der Waals surface area (Å²) in [4.78, 5) is 3.99. The predicted molar refractivity (Wildman–Crippen MR) is 89.3 cm³/mol. The third-order valence-corrected chi connectivity index (χ3v) is 6.01. The number of hydrogen-bond acceptors (Lipinski definition) is 5. The number of anilines is 1. The van der Waals surface area contributed by atoms with Crippen LogP contribution in [0.3, 0.4) is 0 Å². The molecule has 3 rings (SSSR count). The van der Waals surface area contributed by atoms with Gasteiger partial charge in [-0.3, -0.25) is 4.31 Å². The predicted octanol–water partition coefficient (Wildman–Crippen LogP) is 2.14. The fraction of sp³-hybridized carbons (Fsp3) is 0.267. The van der Waals surface area contributed by atoms with E-state index in [1.807, 2.05) is 12.1 Å². The van der Waals surface area contributed by atoms with E-state index in [-0.39, 0.29) is 29.8 Å². The number of halogens is 1. The van der Waals surface area contributed by atoms with Crippen molar-refractivity contribution in [1.29, 1.82) is 0 Å². The number of benzene rings is 1. The van der Waals surface area contributed by atoms with Crippen molar-refractivity contribution < 1.29 is 18.3 Å². The standard InChI is InChI=1S/C15H15BrN2O4S/c1-22-15-14(6-11(16)7-17-15)23(20,21)18-8-10(9-19)12-4-2-3-5-13(12)18/h2-7,10,19H,8-9H2,1H3. The average Bonchev–Trinajstić information content (AvgIpc) is 2.94. The summed E-state index contributed by atoms with van der Waals surface area (Å²) >= 11 is 3.24. The Labute approximate surface area is 142 Å². The lowest BCUT2D eigenvalue weighted by atomic mass is 10.0. The molecule has 6 nitrogen and oxygen atoms in total. The molecule has 23 heavy (non-hydrogen) atoms. The lowest BCUT2D eigenvalue weighted by Gasteiger charge is -2.21. The van der Waals surface area contributed by atoms with Crippen molar-refractivity contribution in [3.8, 4) is 5.88 Å². The van der Waals surface area contributed by atoms with E-state index in [0.717, 1.165) is 5.56 Å². The van der Waals surface area contributed by atoms with E-state index in [0.29, 0.717) is 10.2 Å². The van der Waals surface area contributed by atoms with E-state index in [1.54, 1.807) is 12.1 Å². The van der Waals surface area contributed by atoms with E-state index < -0.39 is 10.0 Å². The topological polar surface area (TPSA) is 79.7 Å². The number of nitrogens with zero attached hydrogens (tertiary/aromatic N) is 2. The van der Waals surface area contributed by atoms with Crippen molar-refractivity contribution in [1.82, 2.24) is 4.98 Å². The Balaban J connectivity index is 2.14. The second-order valence-electron chi connectivity index (χ2n) is 5.14.